The fourth-order valence-electron chi connectivity index (χ4n) is 2.54. The lowest BCUT2D eigenvalue weighted by Gasteiger charge is -2.17. The van der Waals surface area contributed by atoms with Crippen LogP contribution >= 0.6 is 11.3 Å². The maximum Gasteiger partial charge on any atom is 0.228 e. The standard InChI is InChI=1S/C13H17N3O2S/c1-9(17)10-2-3-15(7-10)12(18)6-11-8-16-4-5-19-13(16)14-11/h4-5,8-10,17H,2-3,6-7H2,1H3. The Morgan fingerprint density at radius 2 is 2.53 bits per heavy atom. The van der Waals surface area contributed by atoms with Crippen LogP contribution < -0.4 is 0 Å². The molecule has 0 bridgehead atoms. The van der Waals surface area contributed by atoms with Gasteiger partial charge in [-0.15, -0.1) is 11.3 Å². The highest BCUT2D eigenvalue weighted by Gasteiger charge is 2.29. The number of hydrogen-bond acceptors (Lipinski definition) is 4. The van der Waals surface area contributed by atoms with Gasteiger partial charge in [-0.2, -0.15) is 0 Å². The van der Waals surface area contributed by atoms with Crippen molar-refractivity contribution in [1.29, 1.82) is 0 Å². The van der Waals surface area contributed by atoms with Gasteiger partial charge in [0.05, 0.1) is 18.2 Å². The van der Waals surface area contributed by atoms with Crippen molar-refractivity contribution in [2.24, 2.45) is 5.92 Å². The molecule has 6 heteroatoms. The monoisotopic (exact) mass is 279 g/mol. The van der Waals surface area contributed by atoms with Crippen LogP contribution in [0.4, 0.5) is 0 Å². The molecule has 1 N–H and O–H groups in total. The van der Waals surface area contributed by atoms with Gasteiger partial charge in [-0.3, -0.25) is 9.20 Å². The lowest BCUT2D eigenvalue weighted by Crippen LogP contribution is -2.31. The second-order valence-electron chi connectivity index (χ2n) is 5.13. The van der Waals surface area contributed by atoms with E-state index in [-0.39, 0.29) is 17.9 Å². The van der Waals surface area contributed by atoms with Gasteiger partial charge in [0.1, 0.15) is 0 Å². The van der Waals surface area contributed by atoms with Gasteiger partial charge < -0.3 is 10.0 Å². The number of amides is 1. The first-order valence-electron chi connectivity index (χ1n) is 6.50. The van der Waals surface area contributed by atoms with Gasteiger partial charge in [0.2, 0.25) is 5.91 Å². The van der Waals surface area contributed by atoms with Gasteiger partial charge in [-0.25, -0.2) is 4.98 Å². The molecule has 1 fully saturated rings. The zero-order chi connectivity index (χ0) is 13.4. The van der Waals surface area contributed by atoms with Crippen LogP contribution in [0.3, 0.4) is 0 Å². The van der Waals surface area contributed by atoms with E-state index in [1.54, 1.807) is 18.3 Å². The maximum atomic E-state index is 12.2. The minimum Gasteiger partial charge on any atom is -0.393 e. The molecule has 5 nitrogen and oxygen atoms in total. The number of thiazole rings is 1. The lowest BCUT2D eigenvalue weighted by atomic mass is 10.0. The number of carbonyl (C=O) groups excluding carboxylic acids is 1. The molecule has 0 saturated carbocycles. The summed E-state index contributed by atoms with van der Waals surface area (Å²) in [4.78, 5) is 19.4. The number of carbonyl (C=O) groups is 1. The Kier molecular flexibility index (Phi) is 3.28. The number of rotatable bonds is 3. The van der Waals surface area contributed by atoms with Gasteiger partial charge in [-0.05, 0) is 13.3 Å². The number of fused-ring (bicyclic) bond motifs is 1. The molecular formula is C13H17N3O2S. The van der Waals surface area contributed by atoms with E-state index in [4.69, 9.17) is 0 Å². The van der Waals surface area contributed by atoms with Crippen LogP contribution in [0.15, 0.2) is 17.8 Å². The topological polar surface area (TPSA) is 57.8 Å². The van der Waals surface area contributed by atoms with Crippen molar-refractivity contribution in [3.63, 3.8) is 0 Å². The van der Waals surface area contributed by atoms with Crippen LogP contribution in [0.1, 0.15) is 19.0 Å². The van der Waals surface area contributed by atoms with Crippen LogP contribution in [0.25, 0.3) is 4.96 Å². The van der Waals surface area contributed by atoms with E-state index in [1.807, 2.05) is 27.1 Å². The number of imidazole rings is 1. The molecular weight excluding hydrogens is 262 g/mol. The molecule has 0 radical (unpaired) electrons. The lowest BCUT2D eigenvalue weighted by molar-refractivity contribution is -0.129. The highest BCUT2D eigenvalue weighted by atomic mass is 32.1. The fraction of sp³-hybridized carbons (Fsp3) is 0.538. The number of hydrogen-bond donors (Lipinski definition) is 1. The third kappa shape index (κ3) is 2.50. The first-order chi connectivity index (χ1) is 9.13. The average Bonchev–Trinajstić information content (AvgIpc) is 3.02. The summed E-state index contributed by atoms with van der Waals surface area (Å²) in [5.74, 6) is 0.323. The Morgan fingerprint density at radius 3 is 3.21 bits per heavy atom. The van der Waals surface area contributed by atoms with Crippen molar-refractivity contribution in [3.05, 3.63) is 23.5 Å². The minimum absolute atomic E-state index is 0.105. The number of aromatic nitrogens is 2. The van der Waals surface area contributed by atoms with Crippen LogP contribution in [0.5, 0.6) is 0 Å². The van der Waals surface area contributed by atoms with E-state index in [0.29, 0.717) is 13.0 Å². The van der Waals surface area contributed by atoms with Crippen molar-refractivity contribution in [3.8, 4) is 0 Å². The summed E-state index contributed by atoms with van der Waals surface area (Å²) in [6, 6.07) is 0. The van der Waals surface area contributed by atoms with E-state index in [9.17, 15) is 9.90 Å². The second kappa shape index (κ2) is 4.94. The molecule has 19 heavy (non-hydrogen) atoms. The molecule has 2 aromatic rings. The summed E-state index contributed by atoms with van der Waals surface area (Å²) in [6.07, 6.45) is 4.75. The Balaban J connectivity index is 1.64. The second-order valence-corrected chi connectivity index (χ2v) is 6.00. The largest absolute Gasteiger partial charge is 0.393 e. The van der Waals surface area contributed by atoms with E-state index < -0.39 is 0 Å². The van der Waals surface area contributed by atoms with Gasteiger partial charge in [0.25, 0.3) is 0 Å². The quantitative estimate of drug-likeness (QED) is 0.917. The Morgan fingerprint density at radius 1 is 1.68 bits per heavy atom. The predicted molar refractivity (Wildman–Crippen MR) is 73.1 cm³/mol. The highest BCUT2D eigenvalue weighted by Crippen LogP contribution is 2.20. The molecule has 3 rings (SSSR count). The predicted octanol–water partition coefficient (Wildman–Crippen LogP) is 1.17. The van der Waals surface area contributed by atoms with Gasteiger partial charge >= 0.3 is 0 Å². The van der Waals surface area contributed by atoms with E-state index in [0.717, 1.165) is 23.6 Å². The Hall–Kier alpha value is -1.40. The fourth-order valence-corrected chi connectivity index (χ4v) is 3.25. The molecule has 0 aromatic carbocycles. The molecule has 1 saturated heterocycles. The summed E-state index contributed by atoms with van der Waals surface area (Å²) in [7, 11) is 0. The number of nitrogens with zero attached hydrogens (tertiary/aromatic N) is 3. The summed E-state index contributed by atoms with van der Waals surface area (Å²) in [5, 5.41) is 11.5. The number of aliphatic hydroxyl groups is 1. The average molecular weight is 279 g/mol. The van der Waals surface area contributed by atoms with Crippen molar-refractivity contribution >= 4 is 22.2 Å². The third-order valence-corrected chi connectivity index (χ3v) is 4.51. The maximum absolute atomic E-state index is 12.2. The zero-order valence-electron chi connectivity index (χ0n) is 10.8. The van der Waals surface area contributed by atoms with Gasteiger partial charge in [0.15, 0.2) is 4.96 Å². The van der Waals surface area contributed by atoms with Crippen molar-refractivity contribution in [1.82, 2.24) is 14.3 Å². The molecule has 2 unspecified atom stereocenters. The summed E-state index contributed by atoms with van der Waals surface area (Å²) >= 11 is 1.57. The van der Waals surface area contributed by atoms with Crippen LogP contribution in [0, 0.1) is 5.92 Å². The van der Waals surface area contributed by atoms with Gasteiger partial charge in [0, 0.05) is 36.8 Å². The molecule has 2 aromatic heterocycles. The van der Waals surface area contributed by atoms with Crippen LogP contribution in [-0.4, -0.2) is 44.5 Å². The molecule has 1 aliphatic rings. The van der Waals surface area contributed by atoms with Gasteiger partial charge in [-0.1, -0.05) is 0 Å². The summed E-state index contributed by atoms with van der Waals surface area (Å²) in [6.45, 7) is 3.21. The van der Waals surface area contributed by atoms with Crippen LogP contribution in [0.2, 0.25) is 0 Å². The van der Waals surface area contributed by atoms with E-state index in [1.165, 1.54) is 0 Å². The minimum atomic E-state index is -0.337. The summed E-state index contributed by atoms with van der Waals surface area (Å²) < 4.78 is 1.94. The Labute approximate surface area is 115 Å². The van der Waals surface area contributed by atoms with Crippen molar-refractivity contribution in [2.75, 3.05) is 13.1 Å². The highest BCUT2D eigenvalue weighted by molar-refractivity contribution is 7.15. The van der Waals surface area contributed by atoms with Crippen LogP contribution in [-0.2, 0) is 11.2 Å². The third-order valence-electron chi connectivity index (χ3n) is 3.74. The zero-order valence-corrected chi connectivity index (χ0v) is 11.6. The smallest absolute Gasteiger partial charge is 0.228 e. The Bertz CT molecular complexity index is 561. The first kappa shape index (κ1) is 12.6. The van der Waals surface area contributed by atoms with Crippen molar-refractivity contribution < 1.29 is 9.90 Å². The van der Waals surface area contributed by atoms with E-state index >= 15 is 0 Å². The SMILES string of the molecule is CC(O)C1CCN(C(=O)Cc2cn3ccsc3n2)C1. The number of aliphatic hydroxyl groups excluding tert-OH is 1. The molecule has 1 aliphatic heterocycles. The molecule has 0 aliphatic carbocycles. The normalized spacial score (nSPS) is 21.2. The summed E-state index contributed by atoms with van der Waals surface area (Å²) in [5.41, 5.74) is 0.817. The first-order valence-corrected chi connectivity index (χ1v) is 7.38. The molecule has 0 spiro atoms. The van der Waals surface area contributed by atoms with Crippen molar-refractivity contribution in [2.45, 2.75) is 25.9 Å². The number of likely N-dealkylation sites (tertiary alicyclic amines) is 1. The molecule has 3 heterocycles. The molecule has 1 amide bonds. The molecule has 102 valence electrons. The van der Waals surface area contributed by atoms with E-state index in [2.05, 4.69) is 4.98 Å². The molecule has 2 atom stereocenters.